The van der Waals surface area contributed by atoms with Crippen LogP contribution in [0.4, 0.5) is 0 Å². The van der Waals surface area contributed by atoms with Crippen LogP contribution in [-0.4, -0.2) is 70.0 Å². The van der Waals surface area contributed by atoms with Crippen molar-refractivity contribution in [1.29, 1.82) is 0 Å². The zero-order valence-corrected chi connectivity index (χ0v) is 15.9. The van der Waals surface area contributed by atoms with Gasteiger partial charge in [0.1, 0.15) is 11.9 Å². The molecule has 0 bridgehead atoms. The average molecular weight is 369 g/mol. The number of amides is 1. The van der Waals surface area contributed by atoms with E-state index in [1.54, 1.807) is 22.8 Å². The summed E-state index contributed by atoms with van der Waals surface area (Å²) in [5.41, 5.74) is 1.60. The van der Waals surface area contributed by atoms with Crippen LogP contribution in [0.1, 0.15) is 35.3 Å². The Labute approximate surface area is 159 Å². The maximum Gasteiger partial charge on any atom is 0.275 e. The molecule has 7 heteroatoms. The minimum Gasteiger partial charge on any atom is -0.488 e. The highest BCUT2D eigenvalue weighted by Gasteiger charge is 2.26. The lowest BCUT2D eigenvalue weighted by molar-refractivity contribution is 0.0724. The number of piperidine rings is 1. The molecular formula is C20H27N5O2. The van der Waals surface area contributed by atoms with E-state index < -0.39 is 0 Å². The molecule has 0 saturated carbocycles. The van der Waals surface area contributed by atoms with Crippen LogP contribution in [0.3, 0.4) is 0 Å². The molecule has 3 heterocycles. The van der Waals surface area contributed by atoms with Crippen LogP contribution in [0.5, 0.6) is 5.75 Å². The third kappa shape index (κ3) is 4.30. The van der Waals surface area contributed by atoms with Crippen LogP contribution >= 0.6 is 0 Å². The van der Waals surface area contributed by atoms with Crippen molar-refractivity contribution in [2.75, 3.05) is 33.2 Å². The summed E-state index contributed by atoms with van der Waals surface area (Å²) in [6.07, 6.45) is 6.47. The van der Waals surface area contributed by atoms with Crippen LogP contribution in [0.2, 0.25) is 0 Å². The lowest BCUT2D eigenvalue weighted by Gasteiger charge is -2.25. The molecule has 1 atom stereocenters. The molecule has 2 aromatic rings. The third-order valence-corrected chi connectivity index (χ3v) is 5.39. The van der Waals surface area contributed by atoms with Crippen LogP contribution in [0.25, 0.3) is 0 Å². The van der Waals surface area contributed by atoms with Crippen molar-refractivity contribution >= 4 is 5.91 Å². The summed E-state index contributed by atoms with van der Waals surface area (Å²) in [5, 5.41) is 8.21. The van der Waals surface area contributed by atoms with Gasteiger partial charge in [0, 0.05) is 20.0 Å². The number of carbonyl (C=O) groups is 1. The Balaban J connectivity index is 1.28. The molecule has 27 heavy (non-hydrogen) atoms. The van der Waals surface area contributed by atoms with Gasteiger partial charge in [-0.15, -0.1) is 5.10 Å². The van der Waals surface area contributed by atoms with E-state index in [0.29, 0.717) is 12.2 Å². The number of carbonyl (C=O) groups excluding carboxylic acids is 1. The van der Waals surface area contributed by atoms with Gasteiger partial charge in [-0.2, -0.15) is 0 Å². The Kier molecular flexibility index (Phi) is 5.38. The maximum absolute atomic E-state index is 12.7. The number of nitrogens with zero attached hydrogens (tertiary/aromatic N) is 5. The van der Waals surface area contributed by atoms with E-state index >= 15 is 0 Å². The summed E-state index contributed by atoms with van der Waals surface area (Å²) >= 11 is 0. The lowest BCUT2D eigenvalue weighted by atomic mass is 10.1. The van der Waals surface area contributed by atoms with Crippen molar-refractivity contribution in [2.24, 2.45) is 0 Å². The molecule has 1 amide bonds. The Bertz CT molecular complexity index is 759. The first-order valence-electron chi connectivity index (χ1n) is 9.81. The molecular weight excluding hydrogens is 342 g/mol. The smallest absolute Gasteiger partial charge is 0.275 e. The largest absolute Gasteiger partial charge is 0.488 e. The standard InChI is InChI=1S/C20H27N5O2/c1-23(14-17-13-16-7-3-4-8-19(16)27-17)20(26)18-15-25(22-21-18)12-11-24-9-5-2-6-10-24/h3-4,7-8,15,17H,2,5-6,9-14H2,1H3/t17-/m0/s1. The Morgan fingerprint density at radius 1 is 1.22 bits per heavy atom. The zero-order chi connectivity index (χ0) is 18.6. The van der Waals surface area contributed by atoms with Gasteiger partial charge >= 0.3 is 0 Å². The molecule has 0 unspecified atom stereocenters. The fourth-order valence-electron chi connectivity index (χ4n) is 3.87. The van der Waals surface area contributed by atoms with E-state index in [-0.39, 0.29) is 12.0 Å². The van der Waals surface area contributed by atoms with Gasteiger partial charge in [0.15, 0.2) is 5.69 Å². The molecule has 0 spiro atoms. The van der Waals surface area contributed by atoms with Gasteiger partial charge in [0.2, 0.25) is 0 Å². The monoisotopic (exact) mass is 369 g/mol. The first-order chi connectivity index (χ1) is 13.2. The first kappa shape index (κ1) is 18.0. The Morgan fingerprint density at radius 3 is 2.85 bits per heavy atom. The zero-order valence-electron chi connectivity index (χ0n) is 15.9. The molecule has 0 N–H and O–H groups in total. The van der Waals surface area contributed by atoms with Crippen LogP contribution < -0.4 is 4.74 Å². The van der Waals surface area contributed by atoms with Crippen LogP contribution in [-0.2, 0) is 13.0 Å². The second kappa shape index (κ2) is 8.08. The molecule has 1 aromatic heterocycles. The van der Waals surface area contributed by atoms with E-state index in [1.807, 2.05) is 18.2 Å². The molecule has 7 nitrogen and oxygen atoms in total. The summed E-state index contributed by atoms with van der Waals surface area (Å²) in [4.78, 5) is 16.8. The average Bonchev–Trinajstić information content (AvgIpc) is 3.33. The highest BCUT2D eigenvalue weighted by Crippen LogP contribution is 2.28. The first-order valence-corrected chi connectivity index (χ1v) is 9.81. The number of likely N-dealkylation sites (N-methyl/N-ethyl adjacent to an activating group) is 1. The lowest BCUT2D eigenvalue weighted by Crippen LogP contribution is -2.36. The van der Waals surface area contributed by atoms with Gasteiger partial charge in [0.05, 0.1) is 19.3 Å². The summed E-state index contributed by atoms with van der Waals surface area (Å²) in [5.74, 6) is 0.811. The second-order valence-electron chi connectivity index (χ2n) is 7.51. The van der Waals surface area contributed by atoms with Gasteiger partial charge in [0.25, 0.3) is 5.91 Å². The number of ether oxygens (including phenoxy) is 1. The fourth-order valence-corrected chi connectivity index (χ4v) is 3.87. The van der Waals surface area contributed by atoms with Gasteiger partial charge in [-0.1, -0.05) is 29.8 Å². The number of aromatic nitrogens is 3. The highest BCUT2D eigenvalue weighted by atomic mass is 16.5. The number of likely N-dealkylation sites (tertiary alicyclic amines) is 1. The third-order valence-electron chi connectivity index (χ3n) is 5.39. The molecule has 1 fully saturated rings. The van der Waals surface area contributed by atoms with E-state index in [2.05, 4.69) is 21.3 Å². The molecule has 1 aromatic carbocycles. The number of hydrogen-bond acceptors (Lipinski definition) is 5. The van der Waals surface area contributed by atoms with Crippen molar-refractivity contribution in [3.05, 3.63) is 41.7 Å². The molecule has 2 aliphatic rings. The van der Waals surface area contributed by atoms with E-state index in [4.69, 9.17) is 4.74 Å². The van der Waals surface area contributed by atoms with Gasteiger partial charge in [-0.05, 0) is 37.6 Å². The minimum absolute atomic E-state index is 0.00880. The summed E-state index contributed by atoms with van der Waals surface area (Å²) < 4.78 is 7.71. The Hall–Kier alpha value is -2.41. The highest BCUT2D eigenvalue weighted by molar-refractivity contribution is 5.91. The number of hydrogen-bond donors (Lipinski definition) is 0. The normalized spacial score (nSPS) is 19.5. The Morgan fingerprint density at radius 2 is 2.04 bits per heavy atom. The van der Waals surface area contributed by atoms with Crippen molar-refractivity contribution in [3.8, 4) is 5.75 Å². The molecule has 4 rings (SSSR count). The number of fused-ring (bicyclic) bond motifs is 1. The van der Waals surface area contributed by atoms with Crippen LogP contribution in [0, 0.1) is 0 Å². The van der Waals surface area contributed by atoms with Crippen molar-refractivity contribution < 1.29 is 9.53 Å². The summed E-state index contributed by atoms with van der Waals surface area (Å²) in [6, 6.07) is 8.04. The summed E-state index contributed by atoms with van der Waals surface area (Å²) in [7, 11) is 1.79. The van der Waals surface area contributed by atoms with Gasteiger partial charge < -0.3 is 14.5 Å². The van der Waals surface area contributed by atoms with Gasteiger partial charge in [-0.25, -0.2) is 0 Å². The number of rotatable bonds is 6. The van der Waals surface area contributed by atoms with Crippen LogP contribution in [0.15, 0.2) is 30.5 Å². The molecule has 1 saturated heterocycles. The summed E-state index contributed by atoms with van der Waals surface area (Å²) in [6.45, 7) is 4.58. The quantitative estimate of drug-likeness (QED) is 0.777. The molecule has 0 aliphatic carbocycles. The predicted octanol–water partition coefficient (Wildman–Crippen LogP) is 1.84. The molecule has 2 aliphatic heterocycles. The molecule has 0 radical (unpaired) electrons. The van der Waals surface area contributed by atoms with Crippen molar-refractivity contribution in [1.82, 2.24) is 24.8 Å². The van der Waals surface area contributed by atoms with Crippen molar-refractivity contribution in [3.63, 3.8) is 0 Å². The van der Waals surface area contributed by atoms with Gasteiger partial charge in [-0.3, -0.25) is 9.48 Å². The SMILES string of the molecule is CN(C[C@@H]1Cc2ccccc2O1)C(=O)c1cn(CCN2CCCCC2)nn1. The second-order valence-corrected chi connectivity index (χ2v) is 7.51. The van der Waals surface area contributed by atoms with E-state index in [9.17, 15) is 4.79 Å². The number of benzene rings is 1. The van der Waals surface area contributed by atoms with E-state index in [1.165, 1.54) is 24.8 Å². The molecule has 144 valence electrons. The predicted molar refractivity (Wildman–Crippen MR) is 102 cm³/mol. The van der Waals surface area contributed by atoms with E-state index in [0.717, 1.165) is 38.3 Å². The van der Waals surface area contributed by atoms with Crippen molar-refractivity contribution in [2.45, 2.75) is 38.3 Å². The fraction of sp³-hybridized carbons (Fsp3) is 0.550. The number of para-hydroxylation sites is 1. The maximum atomic E-state index is 12.7. The topological polar surface area (TPSA) is 63.5 Å². The minimum atomic E-state index is -0.112.